The number of nitrogens with two attached hydrogens (primary N) is 1. The Hall–Kier alpha value is -2.74. The molecule has 1 aliphatic rings. The summed E-state index contributed by atoms with van der Waals surface area (Å²) in [6.07, 6.45) is 3.64. The van der Waals surface area contributed by atoms with Crippen molar-refractivity contribution in [2.24, 2.45) is 11.7 Å². The van der Waals surface area contributed by atoms with Crippen molar-refractivity contribution in [3.63, 3.8) is 0 Å². The molecule has 27 heavy (non-hydrogen) atoms. The summed E-state index contributed by atoms with van der Waals surface area (Å²) >= 11 is 0. The minimum atomic E-state index is -0.392. The molecular weight excluding hydrogens is 349 g/mol. The van der Waals surface area contributed by atoms with Gasteiger partial charge in [-0.3, -0.25) is 19.2 Å². The number of primary amides is 1. The number of halogens is 1. The minimum Gasteiger partial charge on any atom is -0.370 e. The normalized spacial score (nSPS) is 17.6. The average molecular weight is 373 g/mol. The van der Waals surface area contributed by atoms with E-state index < -0.39 is 5.91 Å². The maximum atomic E-state index is 13.4. The maximum absolute atomic E-state index is 13.4. The van der Waals surface area contributed by atoms with Gasteiger partial charge in [0.25, 0.3) is 0 Å². The highest BCUT2D eigenvalue weighted by molar-refractivity contribution is 5.91. The third kappa shape index (κ3) is 5.62. The highest BCUT2D eigenvalue weighted by atomic mass is 19.1. The van der Waals surface area contributed by atoms with Crippen molar-refractivity contribution in [3.8, 4) is 0 Å². The Kier molecular flexibility index (Phi) is 6.18. The molecule has 2 heterocycles. The van der Waals surface area contributed by atoms with E-state index in [0.717, 1.165) is 24.9 Å². The third-order valence-corrected chi connectivity index (χ3v) is 4.65. The first-order valence-electron chi connectivity index (χ1n) is 9.09. The molecule has 3 rings (SSSR count). The van der Waals surface area contributed by atoms with Crippen molar-refractivity contribution in [1.29, 1.82) is 0 Å². The molecule has 1 aromatic carbocycles. The number of aryl methyl sites for hydroxylation is 1. The number of carbonyl (C=O) groups excluding carboxylic acids is 2. The second-order valence-electron chi connectivity index (χ2n) is 6.87. The number of nitrogens with one attached hydrogen (secondary N) is 1. The molecule has 0 spiro atoms. The Labute approximate surface area is 157 Å². The van der Waals surface area contributed by atoms with Gasteiger partial charge in [-0.1, -0.05) is 12.1 Å². The number of hydrogen-bond donors (Lipinski definition) is 2. The highest BCUT2D eigenvalue weighted by Crippen LogP contribution is 2.20. The van der Waals surface area contributed by atoms with Gasteiger partial charge in [-0.25, -0.2) is 4.39 Å². The topological polar surface area (TPSA) is 93.2 Å². The molecule has 7 nitrogen and oxygen atoms in total. The summed E-state index contributed by atoms with van der Waals surface area (Å²) in [6.45, 7) is 2.53. The van der Waals surface area contributed by atoms with Crippen LogP contribution in [0.25, 0.3) is 0 Å². The molecule has 1 atom stereocenters. The van der Waals surface area contributed by atoms with Gasteiger partial charge < -0.3 is 11.1 Å². The first-order valence-corrected chi connectivity index (χ1v) is 9.09. The monoisotopic (exact) mass is 373 g/mol. The molecule has 2 amide bonds. The van der Waals surface area contributed by atoms with Crippen molar-refractivity contribution in [3.05, 3.63) is 47.9 Å². The summed E-state index contributed by atoms with van der Waals surface area (Å²) in [5, 5.41) is 7.07. The predicted molar refractivity (Wildman–Crippen MR) is 99.1 cm³/mol. The zero-order valence-electron chi connectivity index (χ0n) is 15.1. The van der Waals surface area contributed by atoms with Crippen molar-refractivity contribution in [2.45, 2.75) is 32.4 Å². The lowest BCUT2D eigenvalue weighted by Gasteiger charge is -2.31. The molecule has 3 N–H and O–H groups in total. The molecule has 1 aromatic heterocycles. The van der Waals surface area contributed by atoms with Gasteiger partial charge >= 0.3 is 0 Å². The van der Waals surface area contributed by atoms with Crippen molar-refractivity contribution in [2.75, 3.05) is 18.4 Å². The number of carbonyl (C=O) groups is 2. The lowest BCUT2D eigenvalue weighted by molar-refractivity contribution is -0.121. The second-order valence-corrected chi connectivity index (χ2v) is 6.87. The summed E-state index contributed by atoms with van der Waals surface area (Å²) in [5.41, 5.74) is 6.03. The largest absolute Gasteiger partial charge is 0.370 e. The summed E-state index contributed by atoms with van der Waals surface area (Å²) in [5.74, 6) is -0.378. The van der Waals surface area contributed by atoms with E-state index in [2.05, 4.69) is 15.3 Å². The first-order chi connectivity index (χ1) is 13.0. The molecule has 8 heteroatoms. The van der Waals surface area contributed by atoms with Crippen LogP contribution >= 0.6 is 0 Å². The second kappa shape index (κ2) is 8.77. The van der Waals surface area contributed by atoms with E-state index >= 15 is 0 Å². The number of amides is 2. The molecule has 2 aromatic rings. The molecule has 1 unspecified atom stereocenters. The Balaban J connectivity index is 1.53. The van der Waals surface area contributed by atoms with Crippen LogP contribution in [-0.4, -0.2) is 39.6 Å². The predicted octanol–water partition coefficient (Wildman–Crippen LogP) is 1.75. The SMILES string of the molecule is NC(=O)CCn1ccc(NC(=O)C2CCCN(Cc3cccc(F)c3)C2)n1. The highest BCUT2D eigenvalue weighted by Gasteiger charge is 2.26. The lowest BCUT2D eigenvalue weighted by atomic mass is 9.96. The molecule has 0 aliphatic carbocycles. The van der Waals surface area contributed by atoms with E-state index in [1.807, 2.05) is 6.07 Å². The van der Waals surface area contributed by atoms with E-state index in [1.54, 1.807) is 23.0 Å². The Morgan fingerprint density at radius 1 is 1.33 bits per heavy atom. The Bertz CT molecular complexity index is 807. The van der Waals surface area contributed by atoms with Crippen LogP contribution in [0.1, 0.15) is 24.8 Å². The number of rotatable bonds is 7. The maximum Gasteiger partial charge on any atom is 0.229 e. The minimum absolute atomic E-state index is 0.0703. The fourth-order valence-electron chi connectivity index (χ4n) is 3.31. The summed E-state index contributed by atoms with van der Waals surface area (Å²) in [4.78, 5) is 25.6. The molecule has 0 saturated carbocycles. The van der Waals surface area contributed by atoms with E-state index in [9.17, 15) is 14.0 Å². The van der Waals surface area contributed by atoms with Gasteiger partial charge in [0.15, 0.2) is 5.82 Å². The van der Waals surface area contributed by atoms with Gasteiger partial charge in [0, 0.05) is 38.3 Å². The van der Waals surface area contributed by atoms with E-state index in [0.29, 0.717) is 25.5 Å². The smallest absolute Gasteiger partial charge is 0.229 e. The first kappa shape index (κ1) is 19.0. The van der Waals surface area contributed by atoms with Crippen LogP contribution in [0.4, 0.5) is 10.2 Å². The average Bonchev–Trinajstić information content (AvgIpc) is 3.07. The van der Waals surface area contributed by atoms with Crippen LogP contribution in [0, 0.1) is 11.7 Å². The molecule has 1 fully saturated rings. The quantitative estimate of drug-likeness (QED) is 0.773. The fourth-order valence-corrected chi connectivity index (χ4v) is 3.31. The number of nitrogens with zero attached hydrogens (tertiary/aromatic N) is 3. The van der Waals surface area contributed by atoms with Gasteiger partial charge in [-0.15, -0.1) is 0 Å². The summed E-state index contributed by atoms with van der Waals surface area (Å²) in [7, 11) is 0. The van der Waals surface area contributed by atoms with Crippen LogP contribution in [0.2, 0.25) is 0 Å². The van der Waals surface area contributed by atoms with Gasteiger partial charge in [-0.05, 0) is 37.1 Å². The van der Waals surface area contributed by atoms with Crippen LogP contribution in [0.3, 0.4) is 0 Å². The summed E-state index contributed by atoms with van der Waals surface area (Å²) in [6, 6.07) is 8.26. The van der Waals surface area contributed by atoms with Gasteiger partial charge in [0.2, 0.25) is 11.8 Å². The standard InChI is InChI=1S/C19H24FN5O2/c20-16-5-1-3-14(11-16)12-24-8-2-4-15(13-24)19(27)22-18-7-10-25(23-18)9-6-17(21)26/h1,3,5,7,10-11,15H,2,4,6,8-9,12-13H2,(H2,21,26)(H,22,23,27). The van der Waals surface area contributed by atoms with Crippen molar-refractivity contribution < 1.29 is 14.0 Å². The van der Waals surface area contributed by atoms with Gasteiger partial charge in [0.05, 0.1) is 5.92 Å². The number of likely N-dealkylation sites (tertiary alicyclic amines) is 1. The van der Waals surface area contributed by atoms with Crippen molar-refractivity contribution in [1.82, 2.24) is 14.7 Å². The fraction of sp³-hybridized carbons (Fsp3) is 0.421. The Morgan fingerprint density at radius 2 is 2.19 bits per heavy atom. The number of benzene rings is 1. The van der Waals surface area contributed by atoms with Gasteiger partial charge in [-0.2, -0.15) is 5.10 Å². The van der Waals surface area contributed by atoms with E-state index in [1.165, 1.54) is 12.1 Å². The van der Waals surface area contributed by atoms with Gasteiger partial charge in [0.1, 0.15) is 5.82 Å². The van der Waals surface area contributed by atoms with Crippen LogP contribution in [0.15, 0.2) is 36.5 Å². The zero-order chi connectivity index (χ0) is 19.2. The molecule has 1 saturated heterocycles. The number of anilines is 1. The van der Waals surface area contributed by atoms with E-state index in [4.69, 9.17) is 5.73 Å². The number of hydrogen-bond acceptors (Lipinski definition) is 4. The van der Waals surface area contributed by atoms with E-state index in [-0.39, 0.29) is 24.1 Å². The number of aromatic nitrogens is 2. The van der Waals surface area contributed by atoms with Crippen LogP contribution in [-0.2, 0) is 22.7 Å². The third-order valence-electron chi connectivity index (χ3n) is 4.65. The molecular formula is C19H24FN5O2. The van der Waals surface area contributed by atoms with Crippen molar-refractivity contribution >= 4 is 17.6 Å². The molecule has 0 radical (unpaired) electrons. The Morgan fingerprint density at radius 3 is 2.96 bits per heavy atom. The summed E-state index contributed by atoms with van der Waals surface area (Å²) < 4.78 is 14.9. The van der Waals surface area contributed by atoms with Crippen LogP contribution < -0.4 is 11.1 Å². The molecule has 1 aliphatic heterocycles. The number of piperidine rings is 1. The van der Waals surface area contributed by atoms with Crippen LogP contribution in [0.5, 0.6) is 0 Å². The molecule has 144 valence electrons. The zero-order valence-corrected chi connectivity index (χ0v) is 15.1. The molecule has 0 bridgehead atoms. The lowest BCUT2D eigenvalue weighted by Crippen LogP contribution is -2.40.